The first-order valence-electron chi connectivity index (χ1n) is 19.3. The van der Waals surface area contributed by atoms with E-state index in [1.807, 2.05) is 0 Å². The topological polar surface area (TPSA) is 9.23 Å². The van der Waals surface area contributed by atoms with Crippen molar-refractivity contribution >= 4 is 0 Å². The lowest BCUT2D eigenvalue weighted by molar-refractivity contribution is 0.183. The molecule has 0 atom stereocenters. The molecule has 0 heterocycles. The summed E-state index contributed by atoms with van der Waals surface area (Å²) in [6, 6.07) is 0. The number of hydrogen-bond acceptors (Lipinski definition) is 1. The van der Waals surface area contributed by atoms with E-state index >= 15 is 0 Å². The monoisotopic (exact) mass is 564 g/mol. The van der Waals surface area contributed by atoms with Gasteiger partial charge in [-0.3, -0.25) is 0 Å². The van der Waals surface area contributed by atoms with Crippen molar-refractivity contribution in [2.45, 2.75) is 239 Å². The molecule has 0 spiro atoms. The number of ether oxygens (including phenoxy) is 1. The van der Waals surface area contributed by atoms with Gasteiger partial charge in [-0.05, 0) is 12.8 Å². The molecule has 0 fully saturated rings. The van der Waals surface area contributed by atoms with Gasteiger partial charge in [0.2, 0.25) is 0 Å². The second-order valence-corrected chi connectivity index (χ2v) is 13.1. The van der Waals surface area contributed by atoms with Crippen molar-refractivity contribution in [2.75, 3.05) is 6.61 Å². The molecule has 0 aromatic carbocycles. The largest absolute Gasteiger partial charge is 0.376 e. The van der Waals surface area contributed by atoms with Gasteiger partial charge in [0.05, 0.1) is 6.61 Å². The zero-order chi connectivity index (χ0) is 28.9. The number of unbranched alkanes of at least 4 members (excludes halogenated alkanes) is 33. The molecule has 0 rings (SSSR count). The summed E-state index contributed by atoms with van der Waals surface area (Å²) in [5, 5.41) is 0. The van der Waals surface area contributed by atoms with Crippen molar-refractivity contribution in [1.29, 1.82) is 0 Å². The highest BCUT2D eigenvalue weighted by Crippen LogP contribution is 2.16. The highest BCUT2D eigenvalue weighted by Gasteiger charge is 1.97. The van der Waals surface area contributed by atoms with Gasteiger partial charge in [0.25, 0.3) is 0 Å². The van der Waals surface area contributed by atoms with Gasteiger partial charge >= 0.3 is 0 Å². The Balaban J connectivity index is 3.01. The second-order valence-electron chi connectivity index (χ2n) is 13.1. The van der Waals surface area contributed by atoms with Crippen LogP contribution in [0.4, 0.5) is 0 Å². The third kappa shape index (κ3) is 38.0. The molecule has 0 saturated heterocycles. The predicted octanol–water partition coefficient (Wildman–Crippen LogP) is 14.9. The molecule has 0 aliphatic rings. The Bertz CT molecular complexity index is 368. The molecule has 0 aromatic heterocycles. The van der Waals surface area contributed by atoms with Gasteiger partial charge in [-0.2, -0.15) is 0 Å². The van der Waals surface area contributed by atoms with Gasteiger partial charge in [0.1, 0.15) is 0 Å². The lowest BCUT2D eigenvalue weighted by Gasteiger charge is -2.05. The molecule has 0 bridgehead atoms. The van der Waals surface area contributed by atoms with E-state index in [1.165, 1.54) is 218 Å². The first-order valence-corrected chi connectivity index (χ1v) is 19.3. The van der Waals surface area contributed by atoms with Crippen molar-refractivity contribution in [3.05, 3.63) is 6.61 Å². The quantitative estimate of drug-likeness (QED) is 0.0683. The third-order valence-corrected chi connectivity index (χ3v) is 8.91. The molecule has 0 aliphatic heterocycles. The molecule has 0 aliphatic carbocycles. The summed E-state index contributed by atoms with van der Waals surface area (Å²) in [5.74, 6) is 0. The van der Waals surface area contributed by atoms with Gasteiger partial charge < -0.3 is 4.74 Å². The molecule has 0 saturated carbocycles. The Morgan fingerprint density at radius 1 is 0.275 bits per heavy atom. The predicted molar refractivity (Wildman–Crippen MR) is 183 cm³/mol. The van der Waals surface area contributed by atoms with E-state index in [4.69, 9.17) is 4.74 Å². The molecule has 0 unspecified atom stereocenters. The molecule has 241 valence electrons. The second kappa shape index (κ2) is 39.0. The maximum Gasteiger partial charge on any atom is 0.0836 e. The summed E-state index contributed by atoms with van der Waals surface area (Å²) in [5.41, 5.74) is 0. The van der Waals surface area contributed by atoms with Crippen LogP contribution in [-0.4, -0.2) is 6.61 Å². The molecule has 1 nitrogen and oxygen atoms in total. The minimum absolute atomic E-state index is 0.941. The fourth-order valence-corrected chi connectivity index (χ4v) is 6.03. The summed E-state index contributed by atoms with van der Waals surface area (Å²) in [6.07, 6.45) is 50.1. The Labute approximate surface area is 256 Å². The lowest BCUT2D eigenvalue weighted by atomic mass is 10.0. The average molecular weight is 564 g/mol. The summed E-state index contributed by atoms with van der Waals surface area (Å²) in [6.45, 7) is 7.64. The van der Waals surface area contributed by atoms with E-state index in [1.54, 1.807) is 0 Å². The van der Waals surface area contributed by atoms with Gasteiger partial charge in [-0.25, -0.2) is 0 Å². The highest BCUT2D eigenvalue weighted by atomic mass is 16.5. The van der Waals surface area contributed by atoms with E-state index in [0.29, 0.717) is 0 Å². The Morgan fingerprint density at radius 3 is 0.775 bits per heavy atom. The first kappa shape index (κ1) is 40.0. The van der Waals surface area contributed by atoms with Crippen LogP contribution in [-0.2, 0) is 4.74 Å². The maximum absolute atomic E-state index is 5.75. The van der Waals surface area contributed by atoms with Crippen LogP contribution in [0.3, 0.4) is 0 Å². The van der Waals surface area contributed by atoms with Crippen molar-refractivity contribution in [1.82, 2.24) is 0 Å². The molecule has 40 heavy (non-hydrogen) atoms. The first-order chi connectivity index (χ1) is 19.9. The zero-order valence-electron chi connectivity index (χ0n) is 28.4. The Kier molecular flexibility index (Phi) is 38.9. The normalized spacial score (nSPS) is 11.6. The van der Waals surface area contributed by atoms with Crippen LogP contribution in [0.25, 0.3) is 0 Å². The van der Waals surface area contributed by atoms with Gasteiger partial charge in [-0.1, -0.05) is 226 Å². The van der Waals surface area contributed by atoms with Crippen molar-refractivity contribution < 1.29 is 4.74 Å². The van der Waals surface area contributed by atoms with Crippen LogP contribution in [0.15, 0.2) is 0 Å². The molecule has 1 radical (unpaired) electrons. The fraction of sp³-hybridized carbons (Fsp3) is 0.974. The minimum atomic E-state index is 0.941. The van der Waals surface area contributed by atoms with Crippen LogP contribution in [0.5, 0.6) is 0 Å². The summed E-state index contributed by atoms with van der Waals surface area (Å²) in [4.78, 5) is 0. The molecule has 0 N–H and O–H groups in total. The molecule has 0 amide bonds. The Morgan fingerprint density at radius 2 is 0.500 bits per heavy atom. The van der Waals surface area contributed by atoms with Crippen molar-refractivity contribution in [3.63, 3.8) is 0 Å². The van der Waals surface area contributed by atoms with Crippen LogP contribution >= 0.6 is 0 Å². The molecule has 0 aromatic rings. The molecule has 1 heteroatoms. The van der Waals surface area contributed by atoms with Crippen molar-refractivity contribution in [3.8, 4) is 0 Å². The maximum atomic E-state index is 5.75. The summed E-state index contributed by atoms with van der Waals surface area (Å²) in [7, 11) is 0. The fourth-order valence-electron chi connectivity index (χ4n) is 6.03. The van der Waals surface area contributed by atoms with Crippen LogP contribution in [0.2, 0.25) is 0 Å². The zero-order valence-corrected chi connectivity index (χ0v) is 28.4. The third-order valence-electron chi connectivity index (χ3n) is 8.91. The van der Waals surface area contributed by atoms with Crippen LogP contribution < -0.4 is 0 Å². The smallest absolute Gasteiger partial charge is 0.0836 e. The average Bonchev–Trinajstić information content (AvgIpc) is 2.97. The van der Waals surface area contributed by atoms with E-state index in [0.717, 1.165) is 13.0 Å². The van der Waals surface area contributed by atoms with Crippen LogP contribution in [0.1, 0.15) is 239 Å². The van der Waals surface area contributed by atoms with Crippen LogP contribution in [0, 0.1) is 6.61 Å². The Hall–Kier alpha value is -0.0400. The van der Waals surface area contributed by atoms with E-state index in [-0.39, 0.29) is 0 Å². The van der Waals surface area contributed by atoms with E-state index in [9.17, 15) is 0 Å². The molecular formula is C39H79O. The highest BCUT2D eigenvalue weighted by molar-refractivity contribution is 4.55. The summed E-state index contributed by atoms with van der Waals surface area (Å²) < 4.78 is 5.75. The minimum Gasteiger partial charge on any atom is -0.376 e. The van der Waals surface area contributed by atoms with Crippen molar-refractivity contribution in [2.24, 2.45) is 0 Å². The summed E-state index contributed by atoms with van der Waals surface area (Å²) >= 11 is 0. The van der Waals surface area contributed by atoms with Gasteiger partial charge in [-0.15, -0.1) is 0 Å². The standard InChI is InChI=1S/C39H79O/c1-3-5-7-9-11-13-15-17-18-19-20-21-22-23-24-25-27-29-31-33-35-37-39-40-38-36-34-32-30-28-26-16-14-12-10-8-6-4-2/h39H,3-38H2,1-2H3. The van der Waals surface area contributed by atoms with Gasteiger partial charge in [0.15, 0.2) is 0 Å². The molecular weight excluding hydrogens is 484 g/mol. The van der Waals surface area contributed by atoms with Gasteiger partial charge in [0, 0.05) is 6.61 Å². The van der Waals surface area contributed by atoms with E-state index < -0.39 is 0 Å². The van der Waals surface area contributed by atoms with E-state index in [2.05, 4.69) is 20.5 Å². The number of rotatable bonds is 37. The number of hydrogen-bond donors (Lipinski definition) is 0. The lowest BCUT2D eigenvalue weighted by Crippen LogP contribution is -1.92. The SMILES string of the molecule is CCCCCCCCCCCCCCCCCCCCCCC[CH]OCCCCCCCCCCCCCCC.